The number of hydrogen-bond donors (Lipinski definition) is 1. The van der Waals surface area contributed by atoms with Crippen LogP contribution in [-0.2, 0) is 4.74 Å². The number of nitrogens with zero attached hydrogens (tertiary/aromatic N) is 2. The maximum atomic E-state index is 12.3. The van der Waals surface area contributed by atoms with E-state index in [1.165, 1.54) is 30.3 Å². The summed E-state index contributed by atoms with van der Waals surface area (Å²) in [5.41, 5.74) is 0.468. The zero-order valence-corrected chi connectivity index (χ0v) is 14.0. The number of carbonyl (C=O) groups excluding carboxylic acids is 2. The predicted molar refractivity (Wildman–Crippen MR) is 90.6 cm³/mol. The van der Waals surface area contributed by atoms with Crippen molar-refractivity contribution in [3.05, 3.63) is 63.5 Å². The average Bonchev–Trinajstić information content (AvgIpc) is 2.55. The topological polar surface area (TPSA) is 111 Å². The fourth-order valence-electron chi connectivity index (χ4n) is 2.03. The number of hydrogen-bond acceptors (Lipinski definition) is 6. The number of rotatable bonds is 5. The summed E-state index contributed by atoms with van der Waals surface area (Å²) in [7, 11) is 0. The Hall–Kier alpha value is -3.29. The van der Waals surface area contributed by atoms with Crippen LogP contribution in [0.25, 0.3) is 0 Å². The van der Waals surface area contributed by atoms with Crippen molar-refractivity contribution in [2.45, 2.75) is 26.9 Å². The minimum absolute atomic E-state index is 0.0141. The Labute approximate surface area is 144 Å². The molecule has 1 N–H and O–H groups in total. The van der Waals surface area contributed by atoms with Gasteiger partial charge in [-0.25, -0.2) is 9.78 Å². The Morgan fingerprint density at radius 1 is 1.20 bits per heavy atom. The first-order chi connectivity index (χ1) is 11.8. The highest BCUT2D eigenvalue weighted by Gasteiger charge is 2.19. The van der Waals surface area contributed by atoms with Crippen LogP contribution >= 0.6 is 0 Å². The molecule has 0 radical (unpaired) electrons. The van der Waals surface area contributed by atoms with Gasteiger partial charge in [0.05, 0.1) is 11.0 Å². The largest absolute Gasteiger partial charge is 0.458 e. The summed E-state index contributed by atoms with van der Waals surface area (Å²) in [4.78, 5) is 38.7. The Kier molecular flexibility index (Phi) is 5.43. The van der Waals surface area contributed by atoms with E-state index in [1.54, 1.807) is 26.8 Å². The lowest BCUT2D eigenvalue weighted by atomic mass is 10.2. The molecule has 1 aromatic carbocycles. The number of benzene rings is 1. The SMILES string of the molecule is Cc1ccc(NC(=O)c2cccc(C(=O)OC(C)C)n2)c([N+](=O)[O-])c1. The summed E-state index contributed by atoms with van der Waals surface area (Å²) in [5.74, 6) is -1.31. The minimum atomic E-state index is -0.661. The highest BCUT2D eigenvalue weighted by atomic mass is 16.6. The van der Waals surface area contributed by atoms with Crippen molar-refractivity contribution in [1.82, 2.24) is 4.98 Å². The molecule has 0 spiro atoms. The standard InChI is InChI=1S/C17H17N3O5/c1-10(2)25-17(22)14-6-4-5-13(18-14)16(21)19-12-8-7-11(3)9-15(12)20(23)24/h4-10H,1-3H3,(H,19,21). The number of nitrogens with one attached hydrogen (secondary N) is 1. The Morgan fingerprint density at radius 3 is 2.52 bits per heavy atom. The molecule has 0 saturated carbocycles. The van der Waals surface area contributed by atoms with Crippen molar-refractivity contribution >= 4 is 23.3 Å². The maximum absolute atomic E-state index is 12.3. The molecule has 8 nitrogen and oxygen atoms in total. The van der Waals surface area contributed by atoms with Gasteiger partial charge in [-0.2, -0.15) is 0 Å². The van der Waals surface area contributed by atoms with Crippen LogP contribution in [0.3, 0.4) is 0 Å². The number of aromatic nitrogens is 1. The van der Waals surface area contributed by atoms with Gasteiger partial charge >= 0.3 is 5.97 Å². The highest BCUT2D eigenvalue weighted by Crippen LogP contribution is 2.25. The van der Waals surface area contributed by atoms with Gasteiger partial charge in [-0.15, -0.1) is 0 Å². The van der Waals surface area contributed by atoms with Gasteiger partial charge in [0.15, 0.2) is 0 Å². The maximum Gasteiger partial charge on any atom is 0.357 e. The molecular weight excluding hydrogens is 326 g/mol. The number of nitro benzene ring substituents is 1. The van der Waals surface area contributed by atoms with Gasteiger partial charge in [0, 0.05) is 6.07 Å². The van der Waals surface area contributed by atoms with Gasteiger partial charge in [0.25, 0.3) is 11.6 Å². The van der Waals surface area contributed by atoms with Crippen molar-refractivity contribution < 1.29 is 19.2 Å². The van der Waals surface area contributed by atoms with Crippen LogP contribution in [0.5, 0.6) is 0 Å². The third-order valence-corrected chi connectivity index (χ3v) is 3.13. The molecular formula is C17H17N3O5. The van der Waals surface area contributed by atoms with Gasteiger partial charge in [0.2, 0.25) is 0 Å². The number of amides is 1. The second-order valence-corrected chi connectivity index (χ2v) is 5.59. The summed E-state index contributed by atoms with van der Waals surface area (Å²) in [6.07, 6.45) is -0.318. The number of nitro groups is 1. The lowest BCUT2D eigenvalue weighted by molar-refractivity contribution is -0.384. The summed E-state index contributed by atoms with van der Waals surface area (Å²) in [6, 6.07) is 8.77. The summed E-state index contributed by atoms with van der Waals surface area (Å²) < 4.78 is 5.03. The van der Waals surface area contributed by atoms with Crippen LogP contribution < -0.4 is 5.32 Å². The zero-order chi connectivity index (χ0) is 18.6. The molecule has 0 aliphatic carbocycles. The summed E-state index contributed by atoms with van der Waals surface area (Å²) in [5, 5.41) is 13.6. The molecule has 2 rings (SSSR count). The Morgan fingerprint density at radius 2 is 1.88 bits per heavy atom. The van der Waals surface area contributed by atoms with E-state index in [-0.39, 0.29) is 28.9 Å². The first kappa shape index (κ1) is 18.1. The number of carbonyl (C=O) groups is 2. The molecule has 1 heterocycles. The van der Waals surface area contributed by atoms with Crippen LogP contribution in [0.1, 0.15) is 40.4 Å². The van der Waals surface area contributed by atoms with Crippen molar-refractivity contribution in [2.75, 3.05) is 5.32 Å². The number of anilines is 1. The van der Waals surface area contributed by atoms with Gasteiger partial charge in [0.1, 0.15) is 17.1 Å². The van der Waals surface area contributed by atoms with Crippen LogP contribution in [-0.4, -0.2) is 27.9 Å². The predicted octanol–water partition coefficient (Wildman–Crippen LogP) is 3.12. The second-order valence-electron chi connectivity index (χ2n) is 5.59. The number of ether oxygens (including phenoxy) is 1. The van der Waals surface area contributed by atoms with E-state index in [0.29, 0.717) is 5.56 Å². The van der Waals surface area contributed by atoms with E-state index in [2.05, 4.69) is 10.3 Å². The minimum Gasteiger partial charge on any atom is -0.458 e. The molecule has 130 valence electrons. The van der Waals surface area contributed by atoms with Crippen LogP contribution in [0.15, 0.2) is 36.4 Å². The van der Waals surface area contributed by atoms with Crippen LogP contribution in [0, 0.1) is 17.0 Å². The van der Waals surface area contributed by atoms with Crippen molar-refractivity contribution in [2.24, 2.45) is 0 Å². The molecule has 0 aliphatic heterocycles. The third-order valence-electron chi connectivity index (χ3n) is 3.13. The fourth-order valence-corrected chi connectivity index (χ4v) is 2.03. The average molecular weight is 343 g/mol. The molecule has 25 heavy (non-hydrogen) atoms. The van der Waals surface area contributed by atoms with Crippen molar-refractivity contribution in [1.29, 1.82) is 0 Å². The lowest BCUT2D eigenvalue weighted by Gasteiger charge is -2.09. The van der Waals surface area contributed by atoms with Crippen LogP contribution in [0.2, 0.25) is 0 Å². The summed E-state index contributed by atoms with van der Waals surface area (Å²) >= 11 is 0. The number of pyridine rings is 1. The molecule has 1 aromatic heterocycles. The Balaban J connectivity index is 2.25. The monoisotopic (exact) mass is 343 g/mol. The smallest absolute Gasteiger partial charge is 0.357 e. The van der Waals surface area contributed by atoms with Gasteiger partial charge in [-0.3, -0.25) is 14.9 Å². The van der Waals surface area contributed by atoms with E-state index >= 15 is 0 Å². The van der Waals surface area contributed by atoms with Gasteiger partial charge in [-0.05, 0) is 44.5 Å². The third kappa shape index (κ3) is 4.60. The Bertz CT molecular complexity index is 833. The van der Waals surface area contributed by atoms with E-state index in [0.717, 1.165) is 0 Å². The first-order valence-electron chi connectivity index (χ1n) is 7.52. The van der Waals surface area contributed by atoms with E-state index in [9.17, 15) is 19.7 Å². The van der Waals surface area contributed by atoms with Crippen molar-refractivity contribution in [3.63, 3.8) is 0 Å². The fraction of sp³-hybridized carbons (Fsp3) is 0.235. The number of esters is 1. The molecule has 0 fully saturated rings. The summed E-state index contributed by atoms with van der Waals surface area (Å²) in [6.45, 7) is 5.11. The lowest BCUT2D eigenvalue weighted by Crippen LogP contribution is -2.18. The van der Waals surface area contributed by atoms with E-state index < -0.39 is 16.8 Å². The molecule has 0 aliphatic rings. The normalized spacial score (nSPS) is 10.4. The van der Waals surface area contributed by atoms with Crippen LogP contribution in [0.4, 0.5) is 11.4 Å². The first-order valence-corrected chi connectivity index (χ1v) is 7.52. The highest BCUT2D eigenvalue weighted by molar-refractivity contribution is 6.04. The molecule has 0 bridgehead atoms. The molecule has 0 saturated heterocycles. The van der Waals surface area contributed by atoms with E-state index in [4.69, 9.17) is 4.74 Å². The van der Waals surface area contributed by atoms with Crippen molar-refractivity contribution in [3.8, 4) is 0 Å². The van der Waals surface area contributed by atoms with Gasteiger partial charge in [-0.1, -0.05) is 12.1 Å². The molecule has 8 heteroatoms. The molecule has 2 aromatic rings. The number of aryl methyl sites for hydroxylation is 1. The molecule has 0 atom stereocenters. The van der Waals surface area contributed by atoms with E-state index in [1.807, 2.05) is 0 Å². The molecule has 0 unspecified atom stereocenters. The second kappa shape index (κ2) is 7.52. The molecule has 1 amide bonds. The quantitative estimate of drug-likeness (QED) is 0.507. The zero-order valence-electron chi connectivity index (χ0n) is 14.0. The van der Waals surface area contributed by atoms with Gasteiger partial charge < -0.3 is 10.1 Å².